The van der Waals surface area contributed by atoms with Crippen molar-refractivity contribution in [3.05, 3.63) is 53.2 Å². The molecule has 0 bridgehead atoms. The molecule has 3 aromatic rings. The second kappa shape index (κ2) is 12.3. The summed E-state index contributed by atoms with van der Waals surface area (Å²) in [6, 6.07) is 10.8. The first kappa shape index (κ1) is 28.1. The van der Waals surface area contributed by atoms with E-state index in [1.807, 2.05) is 31.2 Å². The molecule has 1 amide bonds. The van der Waals surface area contributed by atoms with Gasteiger partial charge >= 0.3 is 11.9 Å². The van der Waals surface area contributed by atoms with Crippen LogP contribution < -0.4 is 4.74 Å². The number of hydrogen-bond donors (Lipinski definition) is 2. The third-order valence-electron chi connectivity index (χ3n) is 7.16. The minimum Gasteiger partial charge on any atom is -0.496 e. The van der Waals surface area contributed by atoms with E-state index in [2.05, 4.69) is 14.8 Å². The largest absolute Gasteiger partial charge is 0.496 e. The summed E-state index contributed by atoms with van der Waals surface area (Å²) in [7, 11) is 5.10. The number of aryl methyl sites for hydroxylation is 1. The van der Waals surface area contributed by atoms with E-state index in [4.69, 9.17) is 9.47 Å². The third kappa shape index (κ3) is 6.58. The Morgan fingerprint density at radius 1 is 1.00 bits per heavy atom. The van der Waals surface area contributed by atoms with Crippen molar-refractivity contribution >= 4 is 28.7 Å². The van der Waals surface area contributed by atoms with Gasteiger partial charge in [0.1, 0.15) is 12.4 Å². The Balaban J connectivity index is 1.39. The fraction of sp³-hybridized carbons (Fsp3) is 0.414. The van der Waals surface area contributed by atoms with E-state index >= 15 is 0 Å². The van der Waals surface area contributed by atoms with Crippen molar-refractivity contribution in [2.24, 2.45) is 0 Å². The van der Waals surface area contributed by atoms with Gasteiger partial charge in [0.2, 0.25) is 5.91 Å². The summed E-state index contributed by atoms with van der Waals surface area (Å²) in [5.74, 6) is -0.588. The van der Waals surface area contributed by atoms with Gasteiger partial charge in [-0.1, -0.05) is 12.1 Å². The predicted octanol–water partition coefficient (Wildman–Crippen LogP) is 2.64. The maximum atomic E-state index is 12.7. The zero-order valence-corrected chi connectivity index (χ0v) is 23.0. The number of fused-ring (bicyclic) bond motifs is 1. The maximum Gasteiger partial charge on any atom is 0.338 e. The van der Waals surface area contributed by atoms with Gasteiger partial charge in [-0.15, -0.1) is 0 Å². The molecule has 1 aliphatic heterocycles. The number of ether oxygens (including phenoxy) is 2. The molecule has 1 aliphatic rings. The zero-order valence-electron chi connectivity index (χ0n) is 23.0. The topological polar surface area (TPSA) is 115 Å². The number of rotatable bonds is 10. The van der Waals surface area contributed by atoms with Crippen molar-refractivity contribution in [1.82, 2.24) is 19.7 Å². The van der Waals surface area contributed by atoms with Crippen LogP contribution in [0.1, 0.15) is 21.6 Å². The minimum absolute atomic E-state index is 0.0995. The number of carboxylic acid groups (broad SMARTS) is 1. The molecule has 4 rings (SSSR count). The Hall–Kier alpha value is -3.89. The molecule has 0 unspecified atom stereocenters. The molecule has 0 spiro atoms. The summed E-state index contributed by atoms with van der Waals surface area (Å²) in [4.78, 5) is 45.4. The van der Waals surface area contributed by atoms with Crippen molar-refractivity contribution < 1.29 is 29.0 Å². The summed E-state index contributed by atoms with van der Waals surface area (Å²) >= 11 is 0. The molecule has 2 heterocycles. The van der Waals surface area contributed by atoms with Crippen LogP contribution in [0.4, 0.5) is 0 Å². The lowest BCUT2D eigenvalue weighted by molar-refractivity contribution is -0.136. The summed E-state index contributed by atoms with van der Waals surface area (Å²) in [5.41, 5.74) is 4.36. The highest BCUT2D eigenvalue weighted by molar-refractivity contribution is 6.03. The summed E-state index contributed by atoms with van der Waals surface area (Å²) < 4.78 is 11.2. The van der Waals surface area contributed by atoms with Gasteiger partial charge in [0.05, 0.1) is 25.6 Å². The highest BCUT2D eigenvalue weighted by Gasteiger charge is 2.21. The molecule has 0 radical (unpaired) electrons. The fourth-order valence-corrected chi connectivity index (χ4v) is 4.92. The van der Waals surface area contributed by atoms with Crippen LogP contribution in [-0.2, 0) is 20.7 Å². The predicted molar refractivity (Wildman–Crippen MR) is 148 cm³/mol. The number of likely N-dealkylation sites (N-methyl/N-ethyl adjacent to an activating group) is 1. The van der Waals surface area contributed by atoms with Gasteiger partial charge in [0.15, 0.2) is 0 Å². The number of amides is 1. The number of esters is 1. The van der Waals surface area contributed by atoms with E-state index in [1.54, 1.807) is 38.2 Å². The summed E-state index contributed by atoms with van der Waals surface area (Å²) in [6.45, 7) is 6.46. The molecule has 0 saturated carbocycles. The van der Waals surface area contributed by atoms with Crippen molar-refractivity contribution in [2.45, 2.75) is 13.3 Å². The number of piperazine rings is 1. The molecule has 2 aromatic carbocycles. The molecule has 1 aromatic heterocycles. The molecule has 1 fully saturated rings. The van der Waals surface area contributed by atoms with Gasteiger partial charge in [-0.2, -0.15) is 0 Å². The molecule has 39 heavy (non-hydrogen) atoms. The van der Waals surface area contributed by atoms with Gasteiger partial charge in [-0.25, -0.2) is 4.79 Å². The first-order chi connectivity index (χ1) is 18.7. The van der Waals surface area contributed by atoms with E-state index in [-0.39, 0.29) is 18.9 Å². The highest BCUT2D eigenvalue weighted by Crippen LogP contribution is 2.40. The van der Waals surface area contributed by atoms with E-state index in [0.717, 1.165) is 53.9 Å². The SMILES string of the molecule is COc1ccc2[nH]c(C)c(CC(=O)O)c2c1-c1ccc(C(=O)OCCN2CCN(CC(=O)N(C)C)CC2)cc1. The first-order valence-corrected chi connectivity index (χ1v) is 13.0. The van der Waals surface area contributed by atoms with Gasteiger partial charge < -0.3 is 24.5 Å². The fourth-order valence-electron chi connectivity index (χ4n) is 4.92. The van der Waals surface area contributed by atoms with E-state index < -0.39 is 11.9 Å². The smallest absolute Gasteiger partial charge is 0.338 e. The van der Waals surface area contributed by atoms with Gasteiger partial charge in [-0.3, -0.25) is 19.4 Å². The maximum absolute atomic E-state index is 12.7. The molecule has 2 N–H and O–H groups in total. The zero-order chi connectivity index (χ0) is 28.1. The molecule has 10 heteroatoms. The Bertz CT molecular complexity index is 1340. The number of carbonyl (C=O) groups excluding carboxylic acids is 2. The van der Waals surface area contributed by atoms with Gasteiger partial charge in [0.25, 0.3) is 0 Å². The minimum atomic E-state index is -0.910. The normalized spacial score (nSPS) is 14.4. The van der Waals surface area contributed by atoms with Crippen LogP contribution in [0.2, 0.25) is 0 Å². The first-order valence-electron chi connectivity index (χ1n) is 13.0. The second-order valence-corrected chi connectivity index (χ2v) is 9.98. The number of hydrogen-bond acceptors (Lipinski definition) is 7. The van der Waals surface area contributed by atoms with Crippen LogP contribution in [0.3, 0.4) is 0 Å². The third-order valence-corrected chi connectivity index (χ3v) is 7.16. The molecule has 10 nitrogen and oxygen atoms in total. The number of carbonyl (C=O) groups is 3. The Labute approximate surface area is 228 Å². The van der Waals surface area contributed by atoms with Crippen LogP contribution >= 0.6 is 0 Å². The molecule has 0 aliphatic carbocycles. The van der Waals surface area contributed by atoms with Crippen molar-refractivity contribution in [3.8, 4) is 16.9 Å². The number of H-pyrrole nitrogens is 1. The van der Waals surface area contributed by atoms with E-state index in [0.29, 0.717) is 30.0 Å². The molecular weight excluding hydrogens is 500 g/mol. The molecule has 1 saturated heterocycles. The van der Waals surface area contributed by atoms with Crippen molar-refractivity contribution in [2.75, 3.05) is 67.1 Å². The quantitative estimate of drug-likeness (QED) is 0.380. The average molecular weight is 537 g/mol. The van der Waals surface area contributed by atoms with Crippen LogP contribution in [0.25, 0.3) is 22.0 Å². The Morgan fingerprint density at radius 3 is 2.28 bits per heavy atom. The lowest BCUT2D eigenvalue weighted by atomic mass is 9.95. The second-order valence-electron chi connectivity index (χ2n) is 9.98. The van der Waals surface area contributed by atoms with Crippen LogP contribution in [0, 0.1) is 6.92 Å². The highest BCUT2D eigenvalue weighted by atomic mass is 16.5. The van der Waals surface area contributed by atoms with Crippen molar-refractivity contribution in [1.29, 1.82) is 0 Å². The number of aromatic amines is 1. The number of benzene rings is 2. The lowest BCUT2D eigenvalue weighted by Gasteiger charge is -2.34. The number of carboxylic acids is 1. The summed E-state index contributed by atoms with van der Waals surface area (Å²) in [6.07, 6.45) is -0.111. The summed E-state index contributed by atoms with van der Waals surface area (Å²) in [5, 5.41) is 10.3. The van der Waals surface area contributed by atoms with E-state index in [9.17, 15) is 19.5 Å². The lowest BCUT2D eigenvalue weighted by Crippen LogP contribution is -2.49. The molecular formula is C29H36N4O6. The number of aromatic nitrogens is 1. The number of methoxy groups -OCH3 is 1. The Morgan fingerprint density at radius 2 is 1.67 bits per heavy atom. The van der Waals surface area contributed by atoms with Gasteiger partial charge in [-0.05, 0) is 42.3 Å². The monoisotopic (exact) mass is 536 g/mol. The number of nitrogens with one attached hydrogen (secondary N) is 1. The van der Waals surface area contributed by atoms with Crippen LogP contribution in [0.5, 0.6) is 5.75 Å². The Kier molecular flexibility index (Phi) is 8.88. The van der Waals surface area contributed by atoms with Crippen molar-refractivity contribution in [3.63, 3.8) is 0 Å². The number of nitrogens with zero attached hydrogens (tertiary/aromatic N) is 3. The molecule has 0 atom stereocenters. The van der Waals surface area contributed by atoms with Gasteiger partial charge in [0, 0.05) is 69.0 Å². The van der Waals surface area contributed by atoms with E-state index in [1.165, 1.54) is 0 Å². The average Bonchev–Trinajstić information content (AvgIpc) is 3.23. The van der Waals surface area contributed by atoms with Crippen LogP contribution in [0.15, 0.2) is 36.4 Å². The van der Waals surface area contributed by atoms with Crippen LogP contribution in [-0.4, -0.2) is 110 Å². The standard InChI is InChI=1S/C29H36N4O6/c1-19-22(17-26(35)36)28-23(30-19)9-10-24(38-4)27(28)20-5-7-21(8-6-20)29(37)39-16-15-32-11-13-33(14-12-32)18-25(34)31(2)3/h5-10,30H,11-18H2,1-4H3,(H,35,36). The number of aliphatic carboxylic acids is 1. The molecule has 208 valence electrons.